The SMILES string of the molecule is C#CCNCC(=O)N1CCC(O)C(C)C1. The molecule has 4 heteroatoms. The zero-order valence-corrected chi connectivity index (χ0v) is 9.07. The molecule has 84 valence electrons. The first-order valence-corrected chi connectivity index (χ1v) is 5.25. The normalized spacial score (nSPS) is 26.1. The van der Waals surface area contributed by atoms with Crippen molar-refractivity contribution in [1.29, 1.82) is 0 Å². The van der Waals surface area contributed by atoms with Gasteiger partial charge < -0.3 is 10.0 Å². The van der Waals surface area contributed by atoms with Crippen LogP contribution in [0.15, 0.2) is 0 Å². The molecule has 1 aliphatic rings. The Morgan fingerprint density at radius 1 is 1.73 bits per heavy atom. The van der Waals surface area contributed by atoms with Gasteiger partial charge in [0.2, 0.25) is 5.91 Å². The van der Waals surface area contributed by atoms with Crippen molar-refractivity contribution in [2.45, 2.75) is 19.4 Å². The van der Waals surface area contributed by atoms with E-state index < -0.39 is 0 Å². The minimum Gasteiger partial charge on any atom is -0.393 e. The Hall–Kier alpha value is -1.05. The molecule has 1 rings (SSSR count). The van der Waals surface area contributed by atoms with E-state index in [4.69, 9.17) is 6.42 Å². The number of amides is 1. The van der Waals surface area contributed by atoms with Crippen LogP contribution < -0.4 is 5.32 Å². The van der Waals surface area contributed by atoms with E-state index in [0.717, 1.165) is 0 Å². The number of aliphatic hydroxyl groups is 1. The quantitative estimate of drug-likeness (QED) is 0.485. The topological polar surface area (TPSA) is 52.6 Å². The second kappa shape index (κ2) is 5.74. The summed E-state index contributed by atoms with van der Waals surface area (Å²) in [4.78, 5) is 13.4. The van der Waals surface area contributed by atoms with Crippen LogP contribution in [0.3, 0.4) is 0 Å². The summed E-state index contributed by atoms with van der Waals surface area (Å²) < 4.78 is 0. The highest BCUT2D eigenvalue weighted by atomic mass is 16.3. The van der Waals surface area contributed by atoms with Gasteiger partial charge in [-0.1, -0.05) is 12.8 Å². The van der Waals surface area contributed by atoms with Crippen molar-refractivity contribution in [2.75, 3.05) is 26.2 Å². The van der Waals surface area contributed by atoms with Gasteiger partial charge in [-0.25, -0.2) is 0 Å². The molecule has 0 aromatic heterocycles. The third-order valence-electron chi connectivity index (χ3n) is 2.72. The monoisotopic (exact) mass is 210 g/mol. The number of carbonyl (C=O) groups excluding carboxylic acids is 1. The predicted octanol–water partition coefficient (Wildman–Crippen LogP) is -0.561. The molecule has 0 aliphatic carbocycles. The zero-order chi connectivity index (χ0) is 11.3. The molecule has 1 saturated heterocycles. The van der Waals surface area contributed by atoms with Crippen LogP contribution in [0.1, 0.15) is 13.3 Å². The number of aliphatic hydroxyl groups excluding tert-OH is 1. The molecule has 0 saturated carbocycles. The van der Waals surface area contributed by atoms with Crippen molar-refractivity contribution in [3.63, 3.8) is 0 Å². The largest absolute Gasteiger partial charge is 0.393 e. The molecule has 15 heavy (non-hydrogen) atoms. The molecule has 1 amide bonds. The molecule has 4 nitrogen and oxygen atoms in total. The maximum absolute atomic E-state index is 11.6. The molecule has 2 atom stereocenters. The number of nitrogens with zero attached hydrogens (tertiary/aromatic N) is 1. The van der Waals surface area contributed by atoms with Crippen LogP contribution >= 0.6 is 0 Å². The van der Waals surface area contributed by atoms with Crippen LogP contribution in [0.2, 0.25) is 0 Å². The molecule has 0 bridgehead atoms. The Morgan fingerprint density at radius 3 is 3.07 bits per heavy atom. The molecular weight excluding hydrogens is 192 g/mol. The maximum Gasteiger partial charge on any atom is 0.236 e. The molecule has 0 aromatic rings. The van der Waals surface area contributed by atoms with Crippen LogP contribution in [-0.4, -0.2) is 48.2 Å². The minimum atomic E-state index is -0.271. The molecule has 1 fully saturated rings. The Morgan fingerprint density at radius 2 is 2.47 bits per heavy atom. The van der Waals surface area contributed by atoms with Crippen molar-refractivity contribution in [1.82, 2.24) is 10.2 Å². The highest BCUT2D eigenvalue weighted by Crippen LogP contribution is 2.16. The third kappa shape index (κ3) is 3.54. The summed E-state index contributed by atoms with van der Waals surface area (Å²) in [6.45, 7) is 3.93. The zero-order valence-electron chi connectivity index (χ0n) is 9.07. The van der Waals surface area contributed by atoms with Crippen molar-refractivity contribution in [3.8, 4) is 12.3 Å². The summed E-state index contributed by atoms with van der Waals surface area (Å²) in [7, 11) is 0. The number of terminal acetylenes is 1. The first-order valence-electron chi connectivity index (χ1n) is 5.25. The summed E-state index contributed by atoms with van der Waals surface area (Å²) in [6.07, 6.45) is 5.46. The number of hydrogen-bond acceptors (Lipinski definition) is 3. The van der Waals surface area contributed by atoms with Crippen molar-refractivity contribution >= 4 is 5.91 Å². The van der Waals surface area contributed by atoms with E-state index >= 15 is 0 Å². The average Bonchev–Trinajstić information content (AvgIpc) is 2.22. The van der Waals surface area contributed by atoms with Crippen molar-refractivity contribution in [2.24, 2.45) is 5.92 Å². The number of piperidine rings is 1. The highest BCUT2D eigenvalue weighted by Gasteiger charge is 2.26. The molecule has 1 heterocycles. The van der Waals surface area contributed by atoms with Gasteiger partial charge >= 0.3 is 0 Å². The number of rotatable bonds is 3. The van der Waals surface area contributed by atoms with E-state index in [9.17, 15) is 9.90 Å². The van der Waals surface area contributed by atoms with Gasteiger partial charge in [0.15, 0.2) is 0 Å². The summed E-state index contributed by atoms with van der Waals surface area (Å²) >= 11 is 0. The van der Waals surface area contributed by atoms with Crippen LogP contribution in [0, 0.1) is 18.3 Å². The van der Waals surface area contributed by atoms with Crippen molar-refractivity contribution in [3.05, 3.63) is 0 Å². The lowest BCUT2D eigenvalue weighted by Gasteiger charge is -2.34. The fourth-order valence-electron chi connectivity index (χ4n) is 1.71. The Bertz CT molecular complexity index is 260. The maximum atomic E-state index is 11.6. The Labute approximate surface area is 90.6 Å². The van der Waals surface area contributed by atoms with E-state index in [-0.39, 0.29) is 24.5 Å². The first kappa shape index (κ1) is 12.0. The lowest BCUT2D eigenvalue weighted by atomic mass is 9.97. The molecule has 0 aromatic carbocycles. The van der Waals surface area contributed by atoms with Gasteiger partial charge in [-0.3, -0.25) is 10.1 Å². The number of likely N-dealkylation sites (tertiary alicyclic amines) is 1. The lowest BCUT2D eigenvalue weighted by Crippen LogP contribution is -2.47. The average molecular weight is 210 g/mol. The summed E-state index contributed by atoms with van der Waals surface area (Å²) in [5, 5.41) is 12.4. The standard InChI is InChI=1S/C11H18N2O2/c1-3-5-12-7-11(15)13-6-4-10(14)9(2)8-13/h1,9-10,12,14H,4-8H2,2H3. The molecule has 0 spiro atoms. The van der Waals surface area contributed by atoms with Gasteiger partial charge in [-0.05, 0) is 12.3 Å². The van der Waals surface area contributed by atoms with Crippen molar-refractivity contribution < 1.29 is 9.90 Å². The number of nitrogens with one attached hydrogen (secondary N) is 1. The van der Waals surface area contributed by atoms with E-state index in [2.05, 4.69) is 11.2 Å². The molecule has 1 aliphatic heterocycles. The first-order chi connectivity index (χ1) is 7.15. The molecule has 2 unspecified atom stereocenters. The molecular formula is C11H18N2O2. The van der Waals surface area contributed by atoms with Gasteiger partial charge in [-0.15, -0.1) is 6.42 Å². The van der Waals surface area contributed by atoms with Gasteiger partial charge in [0.25, 0.3) is 0 Å². The fourth-order valence-corrected chi connectivity index (χ4v) is 1.71. The smallest absolute Gasteiger partial charge is 0.236 e. The third-order valence-corrected chi connectivity index (χ3v) is 2.72. The highest BCUT2D eigenvalue weighted by molar-refractivity contribution is 5.78. The summed E-state index contributed by atoms with van der Waals surface area (Å²) in [5.74, 6) is 2.64. The van der Waals surface area contributed by atoms with Crippen LogP contribution in [0.25, 0.3) is 0 Å². The summed E-state index contributed by atoms with van der Waals surface area (Å²) in [5.41, 5.74) is 0. The second-order valence-electron chi connectivity index (χ2n) is 3.98. The van der Waals surface area contributed by atoms with E-state index in [1.54, 1.807) is 4.90 Å². The van der Waals surface area contributed by atoms with Crippen LogP contribution in [-0.2, 0) is 4.79 Å². The van der Waals surface area contributed by atoms with E-state index in [1.165, 1.54) is 0 Å². The second-order valence-corrected chi connectivity index (χ2v) is 3.98. The molecule has 0 radical (unpaired) electrons. The fraction of sp³-hybridized carbons (Fsp3) is 0.727. The number of hydrogen-bond donors (Lipinski definition) is 2. The van der Waals surface area contributed by atoms with E-state index in [1.807, 2.05) is 6.92 Å². The van der Waals surface area contributed by atoms with Gasteiger partial charge in [0.05, 0.1) is 19.2 Å². The van der Waals surface area contributed by atoms with Gasteiger partial charge in [0, 0.05) is 13.1 Å². The van der Waals surface area contributed by atoms with Gasteiger partial charge in [0.1, 0.15) is 0 Å². The number of carbonyl (C=O) groups is 1. The lowest BCUT2D eigenvalue weighted by molar-refractivity contribution is -0.133. The minimum absolute atomic E-state index is 0.0593. The predicted molar refractivity (Wildman–Crippen MR) is 58.1 cm³/mol. The summed E-state index contributed by atoms with van der Waals surface area (Å²) in [6, 6.07) is 0. The Balaban J connectivity index is 2.31. The van der Waals surface area contributed by atoms with Gasteiger partial charge in [-0.2, -0.15) is 0 Å². The van der Waals surface area contributed by atoms with Crippen LogP contribution in [0.4, 0.5) is 0 Å². The Kier molecular flexibility index (Phi) is 4.60. The van der Waals surface area contributed by atoms with E-state index in [0.29, 0.717) is 26.1 Å². The van der Waals surface area contributed by atoms with Crippen LogP contribution in [0.5, 0.6) is 0 Å². The molecule has 2 N–H and O–H groups in total.